The molecule has 0 radical (unpaired) electrons. The molecule has 3 aliphatic heterocycles. The molecule has 324 valence electrons. The van der Waals surface area contributed by atoms with Crippen LogP contribution in [0.2, 0.25) is 5.04 Å². The number of amides is 1. The molecule has 5 heterocycles. The number of aromatic nitrogens is 4. The van der Waals surface area contributed by atoms with Crippen LogP contribution in [0.3, 0.4) is 0 Å². The van der Waals surface area contributed by atoms with Crippen LogP contribution in [0.25, 0.3) is 11.2 Å². The SMILES string of the molecule is C1CCC2=NCCCN2CC1.CC(C)(C)[Si](OC[C@H]1O[C@@H](n2cnc3c(=O)[nH]c(NC(=O)COc4ccccc4)nc32)C[C@]1(O)O[PH](=O)O)(c1ccccc1)c1ccccc1. The summed E-state index contributed by atoms with van der Waals surface area (Å²) in [5.41, 5.74) is -0.658. The predicted octanol–water partition coefficient (Wildman–Crippen LogP) is 4.75. The van der Waals surface area contributed by atoms with Crippen LogP contribution in [0, 0.1) is 0 Å². The molecule has 5 aromatic rings. The number of carbonyl (C=O) groups excluding carboxylic acids is 1. The molecule has 0 saturated carbocycles. The number of aromatic amines is 1. The van der Waals surface area contributed by atoms with E-state index in [4.69, 9.17) is 18.4 Å². The Labute approximate surface area is 356 Å². The van der Waals surface area contributed by atoms with Gasteiger partial charge in [-0.2, -0.15) is 4.98 Å². The second-order valence-corrected chi connectivity index (χ2v) is 21.3. The van der Waals surface area contributed by atoms with Gasteiger partial charge in [0.25, 0.3) is 19.8 Å². The van der Waals surface area contributed by atoms with Crippen molar-refractivity contribution >= 4 is 55.8 Å². The summed E-state index contributed by atoms with van der Waals surface area (Å²) in [6.07, 6.45) is 5.30. The van der Waals surface area contributed by atoms with E-state index in [9.17, 15) is 24.2 Å². The van der Waals surface area contributed by atoms with Crippen molar-refractivity contribution in [2.75, 3.05) is 38.2 Å². The molecule has 3 aromatic carbocycles. The van der Waals surface area contributed by atoms with Crippen molar-refractivity contribution in [3.05, 3.63) is 108 Å². The third kappa shape index (κ3) is 10.2. The molecule has 3 aliphatic rings. The van der Waals surface area contributed by atoms with Crippen molar-refractivity contribution in [1.82, 2.24) is 24.4 Å². The third-order valence-electron chi connectivity index (χ3n) is 11.1. The monoisotopic (exact) mass is 871 g/mol. The van der Waals surface area contributed by atoms with Crippen molar-refractivity contribution in [2.24, 2.45) is 4.99 Å². The van der Waals surface area contributed by atoms with Gasteiger partial charge in [0.05, 0.1) is 25.2 Å². The number of nitrogens with one attached hydrogen (secondary N) is 2. The molecule has 1 amide bonds. The van der Waals surface area contributed by atoms with Crippen LogP contribution in [-0.2, 0) is 23.0 Å². The van der Waals surface area contributed by atoms with E-state index in [0.717, 1.165) is 16.9 Å². The van der Waals surface area contributed by atoms with E-state index in [0.29, 0.717) is 5.75 Å². The molecular formula is C43H54N7O9PSi. The lowest BCUT2D eigenvalue weighted by Crippen LogP contribution is -2.67. The maximum Gasteiger partial charge on any atom is 0.319 e. The van der Waals surface area contributed by atoms with Crippen LogP contribution in [0.5, 0.6) is 5.75 Å². The van der Waals surface area contributed by atoms with Crippen molar-refractivity contribution in [1.29, 1.82) is 0 Å². The first-order valence-corrected chi connectivity index (χ1v) is 23.8. The van der Waals surface area contributed by atoms with Gasteiger partial charge in [-0.05, 0) is 46.8 Å². The van der Waals surface area contributed by atoms with E-state index in [2.05, 4.69) is 50.9 Å². The second kappa shape index (κ2) is 19.4. The zero-order valence-electron chi connectivity index (χ0n) is 34.7. The number of nitrogens with zero attached hydrogens (tertiary/aromatic N) is 5. The molecule has 0 aliphatic carbocycles. The van der Waals surface area contributed by atoms with E-state index >= 15 is 0 Å². The molecule has 4 N–H and O–H groups in total. The highest BCUT2D eigenvalue weighted by Gasteiger charge is 2.55. The standard InChI is InChI=1S/C34H38N5O9PSi.C9H16N2/c1-33(2,3)50(24-15-9-5-10-16-24,25-17-11-6-12-18-25)46-20-26-34(42,48-49(43)44)19-28(47-26)39-22-35-29-30(39)37-32(38-31(29)41)36-27(40)21-45-23-13-7-4-8-14-23;1-2-5-9-10-6-4-8-11(9)7-3-1/h4-18,22,26,28,42,49H,19-21H2,1-3H3,(H,43,44)(H2,36,37,38,40,41);1-8H2/t26-,28-,34+;/m1./s1. The van der Waals surface area contributed by atoms with Gasteiger partial charge in [0.2, 0.25) is 11.7 Å². The lowest BCUT2D eigenvalue weighted by atomic mass is 10.1. The van der Waals surface area contributed by atoms with Crippen molar-refractivity contribution in [3.63, 3.8) is 0 Å². The van der Waals surface area contributed by atoms with E-state index in [-0.39, 0.29) is 36.7 Å². The fourth-order valence-corrected chi connectivity index (χ4v) is 13.3. The number of anilines is 1. The third-order valence-corrected chi connectivity index (χ3v) is 16.6. The number of rotatable bonds is 12. The molecule has 0 spiro atoms. The fraction of sp³-hybridized carbons (Fsp3) is 0.419. The minimum absolute atomic E-state index is 0.0329. The molecule has 16 nitrogen and oxygen atoms in total. The first-order chi connectivity index (χ1) is 29.4. The number of imidazole rings is 1. The number of benzene rings is 3. The first kappa shape index (κ1) is 44.1. The Morgan fingerprint density at radius 1 is 0.984 bits per heavy atom. The van der Waals surface area contributed by atoms with Crippen molar-refractivity contribution in [2.45, 2.75) is 82.5 Å². The number of hydrogen-bond acceptors (Lipinski definition) is 12. The van der Waals surface area contributed by atoms with Gasteiger partial charge >= 0.3 is 8.25 Å². The molecule has 2 aromatic heterocycles. The number of carbonyl (C=O) groups is 1. The van der Waals surface area contributed by atoms with Crippen LogP contribution in [0.1, 0.15) is 65.5 Å². The summed E-state index contributed by atoms with van der Waals surface area (Å²) in [7, 11) is -6.77. The molecule has 61 heavy (non-hydrogen) atoms. The number of aliphatic hydroxyl groups is 1. The Hall–Kier alpha value is -5.00. The highest BCUT2D eigenvalue weighted by molar-refractivity contribution is 7.32. The number of ether oxygens (including phenoxy) is 2. The van der Waals surface area contributed by atoms with E-state index in [1.807, 2.05) is 66.7 Å². The predicted molar refractivity (Wildman–Crippen MR) is 235 cm³/mol. The number of H-pyrrole nitrogens is 1. The Morgan fingerprint density at radius 3 is 2.30 bits per heavy atom. The highest BCUT2D eigenvalue weighted by Crippen LogP contribution is 2.44. The average molecular weight is 872 g/mol. The first-order valence-electron chi connectivity index (χ1n) is 20.6. The van der Waals surface area contributed by atoms with Crippen LogP contribution in [-0.4, -0.2) is 99.2 Å². The fourth-order valence-electron chi connectivity index (χ4n) is 8.25. The van der Waals surface area contributed by atoms with Crippen LogP contribution in [0.4, 0.5) is 5.95 Å². The number of amidine groups is 1. The van der Waals surface area contributed by atoms with Crippen molar-refractivity contribution in [3.8, 4) is 5.75 Å². The van der Waals surface area contributed by atoms with Gasteiger partial charge < -0.3 is 28.8 Å². The Kier molecular flexibility index (Phi) is 14.0. The van der Waals surface area contributed by atoms with E-state index in [1.54, 1.807) is 24.3 Å². The molecule has 0 bridgehead atoms. The van der Waals surface area contributed by atoms with Gasteiger partial charge in [-0.25, -0.2) is 4.98 Å². The van der Waals surface area contributed by atoms with Crippen LogP contribution in [0.15, 0.2) is 107 Å². The summed E-state index contributed by atoms with van der Waals surface area (Å²) in [5, 5.41) is 15.8. The number of hydrogen-bond donors (Lipinski definition) is 4. The summed E-state index contributed by atoms with van der Waals surface area (Å²) in [5.74, 6) is -1.11. The lowest BCUT2D eigenvalue weighted by molar-refractivity contribution is -0.183. The highest BCUT2D eigenvalue weighted by atomic mass is 31.1. The summed E-state index contributed by atoms with van der Waals surface area (Å²) in [6, 6.07) is 28.5. The van der Waals surface area contributed by atoms with Crippen LogP contribution >= 0.6 is 8.25 Å². The Morgan fingerprint density at radius 2 is 1.64 bits per heavy atom. The smallest absolute Gasteiger partial charge is 0.319 e. The molecule has 8 rings (SSSR count). The van der Waals surface area contributed by atoms with Gasteiger partial charge in [0.1, 0.15) is 18.1 Å². The zero-order valence-corrected chi connectivity index (χ0v) is 36.7. The summed E-state index contributed by atoms with van der Waals surface area (Å²) < 4.78 is 37.4. The maximum absolute atomic E-state index is 12.9. The zero-order chi connectivity index (χ0) is 43.0. The minimum Gasteiger partial charge on any atom is -0.484 e. The summed E-state index contributed by atoms with van der Waals surface area (Å²) in [6.45, 7) is 9.34. The number of para-hydroxylation sites is 1. The number of aliphatic imine (C=N–C) groups is 1. The van der Waals surface area contributed by atoms with Gasteiger partial charge in [-0.15, -0.1) is 0 Å². The van der Waals surface area contributed by atoms with Crippen molar-refractivity contribution < 1.29 is 37.8 Å². The molecule has 2 saturated heterocycles. The maximum atomic E-state index is 12.9. The minimum atomic E-state index is -3.66. The number of fused-ring (bicyclic) bond motifs is 2. The van der Waals surface area contributed by atoms with Crippen LogP contribution < -0.4 is 26.0 Å². The summed E-state index contributed by atoms with van der Waals surface area (Å²) in [4.78, 5) is 53.5. The Balaban J connectivity index is 0.000000439. The molecule has 1 unspecified atom stereocenters. The van der Waals surface area contributed by atoms with Gasteiger partial charge in [-0.1, -0.05) is 106 Å². The largest absolute Gasteiger partial charge is 0.484 e. The quantitative estimate of drug-likeness (QED) is 0.0763. The van der Waals surface area contributed by atoms with E-state index in [1.165, 1.54) is 61.9 Å². The van der Waals surface area contributed by atoms with Gasteiger partial charge in [0.15, 0.2) is 17.8 Å². The molecule has 18 heteroatoms. The second-order valence-electron chi connectivity index (χ2n) is 16.3. The Bertz CT molecular complexity index is 2320. The van der Waals surface area contributed by atoms with Gasteiger partial charge in [0, 0.05) is 26.1 Å². The average Bonchev–Trinajstić information content (AvgIpc) is 3.71. The molecule has 4 atom stereocenters. The molecular weight excluding hydrogens is 818 g/mol. The summed E-state index contributed by atoms with van der Waals surface area (Å²) >= 11 is 0. The van der Waals surface area contributed by atoms with Gasteiger partial charge in [-0.3, -0.25) is 38.5 Å². The topological polar surface area (TPSA) is 203 Å². The molecule has 2 fully saturated rings. The lowest BCUT2D eigenvalue weighted by Gasteiger charge is -2.44. The normalized spacial score (nSPS) is 21.1. The van der Waals surface area contributed by atoms with E-state index < -0.39 is 51.2 Å².